The molecule has 0 saturated heterocycles. The summed E-state index contributed by atoms with van der Waals surface area (Å²) in [5.41, 5.74) is 2.21. The molecule has 1 aliphatic heterocycles. The molecule has 0 spiro atoms. The summed E-state index contributed by atoms with van der Waals surface area (Å²) < 4.78 is 37.9. The van der Waals surface area contributed by atoms with Crippen molar-refractivity contribution in [3.63, 3.8) is 0 Å². The Kier molecular flexibility index (Phi) is 3.47. The Balaban J connectivity index is 1.46. The van der Waals surface area contributed by atoms with Crippen LogP contribution in [0.5, 0.6) is 0 Å². The van der Waals surface area contributed by atoms with Crippen LogP contribution in [0, 0.1) is 0 Å². The lowest BCUT2D eigenvalue weighted by Crippen LogP contribution is -2.31. The first-order chi connectivity index (χ1) is 11.0. The Labute approximate surface area is 134 Å². The average Bonchev–Trinajstić information content (AvgIpc) is 3.25. The van der Waals surface area contributed by atoms with Gasteiger partial charge in [0.2, 0.25) is 5.09 Å². The van der Waals surface area contributed by atoms with Crippen LogP contribution in [0.1, 0.15) is 41.6 Å². The predicted molar refractivity (Wildman–Crippen MR) is 78.5 cm³/mol. The Morgan fingerprint density at radius 3 is 2.87 bits per heavy atom. The molecule has 0 bridgehead atoms. The van der Waals surface area contributed by atoms with Gasteiger partial charge in [0, 0.05) is 42.9 Å². The van der Waals surface area contributed by atoms with E-state index >= 15 is 0 Å². The molecule has 4 rings (SSSR count). The fourth-order valence-corrected chi connectivity index (χ4v) is 3.30. The van der Waals surface area contributed by atoms with Crippen molar-refractivity contribution in [3.8, 4) is 0 Å². The second-order valence-electron chi connectivity index (χ2n) is 6.11. The van der Waals surface area contributed by atoms with E-state index < -0.39 is 15.2 Å². The third-order valence-electron chi connectivity index (χ3n) is 4.24. The molecular weight excluding hydrogens is 318 g/mol. The van der Waals surface area contributed by atoms with Crippen molar-refractivity contribution >= 4 is 10.1 Å². The third kappa shape index (κ3) is 3.15. The topological polar surface area (TPSA) is 99.4 Å². The number of rotatable bonds is 4. The number of hydrogen-bond acceptors (Lipinski definition) is 7. The van der Waals surface area contributed by atoms with E-state index in [1.54, 1.807) is 0 Å². The van der Waals surface area contributed by atoms with Crippen molar-refractivity contribution in [2.75, 3.05) is 6.54 Å². The zero-order chi connectivity index (χ0) is 16.0. The summed E-state index contributed by atoms with van der Waals surface area (Å²) in [6.07, 6.45) is 5.12. The molecule has 0 aromatic carbocycles. The maximum absolute atomic E-state index is 10.9. The molecule has 8 heteroatoms. The van der Waals surface area contributed by atoms with Gasteiger partial charge >= 0.3 is 0 Å². The minimum atomic E-state index is -4.53. The molecule has 1 saturated carbocycles. The van der Waals surface area contributed by atoms with Gasteiger partial charge in [-0.25, -0.2) is 18.4 Å². The van der Waals surface area contributed by atoms with Gasteiger partial charge in [-0.15, -0.1) is 0 Å². The van der Waals surface area contributed by atoms with E-state index in [0.717, 1.165) is 30.0 Å². The fourth-order valence-electron chi connectivity index (χ4n) is 2.86. The molecule has 23 heavy (non-hydrogen) atoms. The number of fused-ring (bicyclic) bond motifs is 1. The SMILES string of the molecule is O=S(=O)([O-])c1ccc(CN2CCc3nc(C4CC4)ncc3C2)o1. The minimum absolute atomic E-state index is 0.458. The number of aromatic nitrogens is 2. The maximum Gasteiger partial charge on any atom is 0.205 e. The van der Waals surface area contributed by atoms with Gasteiger partial charge in [-0.3, -0.25) is 4.90 Å². The predicted octanol–water partition coefficient (Wildman–Crippen LogP) is 1.41. The van der Waals surface area contributed by atoms with Crippen molar-refractivity contribution in [2.24, 2.45) is 0 Å². The molecule has 2 aliphatic rings. The second-order valence-corrected chi connectivity index (χ2v) is 7.42. The van der Waals surface area contributed by atoms with Crippen LogP contribution in [0.25, 0.3) is 0 Å². The molecule has 1 aliphatic carbocycles. The van der Waals surface area contributed by atoms with E-state index in [1.165, 1.54) is 25.0 Å². The van der Waals surface area contributed by atoms with Gasteiger partial charge in [-0.05, 0) is 25.0 Å². The molecule has 0 N–H and O–H groups in total. The van der Waals surface area contributed by atoms with E-state index in [1.807, 2.05) is 6.20 Å². The molecule has 122 valence electrons. The monoisotopic (exact) mass is 334 g/mol. The average molecular weight is 334 g/mol. The molecule has 0 atom stereocenters. The molecule has 1 fully saturated rings. The van der Waals surface area contributed by atoms with Gasteiger partial charge in [-0.1, -0.05) is 0 Å². The Morgan fingerprint density at radius 1 is 1.35 bits per heavy atom. The summed E-state index contributed by atoms with van der Waals surface area (Å²) in [5.74, 6) is 1.99. The van der Waals surface area contributed by atoms with Crippen molar-refractivity contribution in [2.45, 2.75) is 43.4 Å². The summed E-state index contributed by atoms with van der Waals surface area (Å²) in [7, 11) is -4.53. The van der Waals surface area contributed by atoms with E-state index in [2.05, 4.69) is 14.9 Å². The van der Waals surface area contributed by atoms with Crippen LogP contribution in [0.2, 0.25) is 0 Å². The largest absolute Gasteiger partial charge is 0.742 e. The summed E-state index contributed by atoms with van der Waals surface area (Å²) >= 11 is 0. The van der Waals surface area contributed by atoms with Crippen LogP contribution in [-0.4, -0.2) is 34.4 Å². The third-order valence-corrected chi connectivity index (χ3v) is 4.95. The molecule has 2 aromatic heterocycles. The summed E-state index contributed by atoms with van der Waals surface area (Å²) in [6.45, 7) is 1.97. The lowest BCUT2D eigenvalue weighted by molar-refractivity contribution is 0.216. The van der Waals surface area contributed by atoms with Gasteiger partial charge in [0.25, 0.3) is 0 Å². The van der Waals surface area contributed by atoms with Crippen molar-refractivity contribution in [3.05, 3.63) is 41.2 Å². The molecule has 0 radical (unpaired) electrons. The van der Waals surface area contributed by atoms with Crippen LogP contribution in [-0.2, 0) is 29.6 Å². The Hall–Kier alpha value is -1.77. The van der Waals surface area contributed by atoms with E-state index in [0.29, 0.717) is 24.8 Å². The Morgan fingerprint density at radius 2 is 2.17 bits per heavy atom. The van der Waals surface area contributed by atoms with Gasteiger partial charge in [0.05, 0.1) is 6.54 Å². The summed E-state index contributed by atoms with van der Waals surface area (Å²) in [5, 5.41) is -0.526. The lowest BCUT2D eigenvalue weighted by atomic mass is 10.1. The summed E-state index contributed by atoms with van der Waals surface area (Å²) in [6, 6.07) is 2.74. The fraction of sp³-hybridized carbons (Fsp3) is 0.467. The standard InChI is InChI=1S/C15H17N3O4S/c19-23(20,21)14-4-3-12(22-14)9-18-6-5-13-11(8-18)7-16-15(17-13)10-1-2-10/h3-4,7,10H,1-2,5-6,8-9H2,(H,19,20,21)/p-1. The highest BCUT2D eigenvalue weighted by atomic mass is 32.2. The lowest BCUT2D eigenvalue weighted by Gasteiger charge is -2.27. The van der Waals surface area contributed by atoms with Gasteiger partial charge in [0.1, 0.15) is 11.6 Å². The van der Waals surface area contributed by atoms with Crippen LogP contribution in [0.15, 0.2) is 27.8 Å². The van der Waals surface area contributed by atoms with E-state index in [4.69, 9.17) is 4.42 Å². The van der Waals surface area contributed by atoms with Gasteiger partial charge in [-0.2, -0.15) is 0 Å². The first-order valence-corrected chi connectivity index (χ1v) is 9.01. The minimum Gasteiger partial charge on any atom is -0.742 e. The van der Waals surface area contributed by atoms with Crippen LogP contribution in [0.4, 0.5) is 0 Å². The van der Waals surface area contributed by atoms with Crippen molar-refractivity contribution in [1.29, 1.82) is 0 Å². The zero-order valence-corrected chi connectivity index (χ0v) is 13.3. The molecule has 3 heterocycles. The van der Waals surface area contributed by atoms with Crippen LogP contribution in [0.3, 0.4) is 0 Å². The zero-order valence-electron chi connectivity index (χ0n) is 12.4. The van der Waals surface area contributed by atoms with E-state index in [-0.39, 0.29) is 0 Å². The number of nitrogens with zero attached hydrogens (tertiary/aromatic N) is 3. The molecule has 7 nitrogen and oxygen atoms in total. The quantitative estimate of drug-likeness (QED) is 0.779. The highest BCUT2D eigenvalue weighted by Gasteiger charge is 2.28. The number of hydrogen-bond donors (Lipinski definition) is 0. The summed E-state index contributed by atoms with van der Waals surface area (Å²) in [4.78, 5) is 11.2. The van der Waals surface area contributed by atoms with Crippen LogP contribution >= 0.6 is 0 Å². The molecule has 2 aromatic rings. The first-order valence-electron chi connectivity index (χ1n) is 7.61. The Bertz CT molecular complexity index is 842. The van der Waals surface area contributed by atoms with Crippen LogP contribution < -0.4 is 0 Å². The van der Waals surface area contributed by atoms with Crippen molar-refractivity contribution in [1.82, 2.24) is 14.9 Å². The highest BCUT2D eigenvalue weighted by Crippen LogP contribution is 2.38. The highest BCUT2D eigenvalue weighted by molar-refractivity contribution is 7.85. The smallest absolute Gasteiger partial charge is 0.205 e. The molecule has 0 amide bonds. The maximum atomic E-state index is 10.9. The van der Waals surface area contributed by atoms with Gasteiger partial charge in [0.15, 0.2) is 10.1 Å². The van der Waals surface area contributed by atoms with Crippen molar-refractivity contribution < 1.29 is 17.4 Å². The van der Waals surface area contributed by atoms with Gasteiger partial charge < -0.3 is 8.97 Å². The molecular formula is C15H16N3O4S-. The second kappa shape index (κ2) is 5.40. The first kappa shape index (κ1) is 14.8. The molecule has 0 unspecified atom stereocenters. The van der Waals surface area contributed by atoms with E-state index in [9.17, 15) is 13.0 Å². The number of furan rings is 1. The normalized spacial score (nSPS) is 18.8.